The molecule has 0 amide bonds. The lowest BCUT2D eigenvalue weighted by Crippen LogP contribution is -2.08. The fourth-order valence-electron chi connectivity index (χ4n) is 1.90. The number of benzene rings is 1. The highest BCUT2D eigenvalue weighted by Gasteiger charge is 2.18. The maximum absolute atomic E-state index is 12.0. The van der Waals surface area contributed by atoms with Crippen molar-refractivity contribution in [2.75, 3.05) is 13.1 Å². The summed E-state index contributed by atoms with van der Waals surface area (Å²) in [5.41, 5.74) is 1.07. The summed E-state index contributed by atoms with van der Waals surface area (Å²) in [6.07, 6.45) is 1.05. The molecule has 0 spiro atoms. The van der Waals surface area contributed by atoms with E-state index >= 15 is 0 Å². The monoisotopic (exact) mass is 247 g/mol. The number of nitrogens with one attached hydrogen (secondary N) is 1. The van der Waals surface area contributed by atoms with Gasteiger partial charge >= 0.3 is 6.61 Å². The second-order valence-corrected chi connectivity index (χ2v) is 4.17. The Morgan fingerprint density at radius 3 is 2.81 bits per heavy atom. The van der Waals surface area contributed by atoms with Crippen LogP contribution < -0.4 is 10.1 Å². The molecule has 16 heavy (non-hydrogen) atoms. The first-order chi connectivity index (χ1) is 7.66. The molecule has 1 fully saturated rings. The maximum Gasteiger partial charge on any atom is 0.387 e. The van der Waals surface area contributed by atoms with Crippen molar-refractivity contribution in [3.8, 4) is 5.75 Å². The number of alkyl halides is 2. The van der Waals surface area contributed by atoms with E-state index in [9.17, 15) is 8.78 Å². The van der Waals surface area contributed by atoms with E-state index in [-0.39, 0.29) is 10.8 Å². The Balaban J connectivity index is 2.15. The molecule has 0 radical (unpaired) electrons. The first-order valence-corrected chi connectivity index (χ1v) is 5.49. The van der Waals surface area contributed by atoms with Crippen LogP contribution in [0.15, 0.2) is 18.2 Å². The van der Waals surface area contributed by atoms with Gasteiger partial charge in [0.15, 0.2) is 0 Å². The van der Waals surface area contributed by atoms with E-state index in [4.69, 9.17) is 11.6 Å². The van der Waals surface area contributed by atoms with Crippen molar-refractivity contribution in [1.82, 2.24) is 5.32 Å². The Hall–Kier alpha value is -0.870. The van der Waals surface area contributed by atoms with Crippen molar-refractivity contribution in [3.63, 3.8) is 0 Å². The van der Waals surface area contributed by atoms with Gasteiger partial charge in [0.05, 0.1) is 5.02 Å². The number of ether oxygens (including phenoxy) is 1. The molecule has 1 N–H and O–H groups in total. The van der Waals surface area contributed by atoms with E-state index < -0.39 is 6.61 Å². The number of rotatable bonds is 3. The van der Waals surface area contributed by atoms with Crippen molar-refractivity contribution < 1.29 is 13.5 Å². The SMILES string of the molecule is FC(F)Oc1ccc(C2CCNC2)cc1Cl. The van der Waals surface area contributed by atoms with E-state index in [1.165, 1.54) is 6.07 Å². The van der Waals surface area contributed by atoms with Gasteiger partial charge < -0.3 is 10.1 Å². The zero-order valence-corrected chi connectivity index (χ0v) is 9.31. The Kier molecular flexibility index (Phi) is 3.61. The van der Waals surface area contributed by atoms with Crippen LogP contribution in [-0.4, -0.2) is 19.7 Å². The molecule has 1 heterocycles. The van der Waals surface area contributed by atoms with Gasteiger partial charge in [0.1, 0.15) is 5.75 Å². The summed E-state index contributed by atoms with van der Waals surface area (Å²) < 4.78 is 28.3. The van der Waals surface area contributed by atoms with Gasteiger partial charge in [-0.1, -0.05) is 17.7 Å². The van der Waals surface area contributed by atoms with Crippen molar-refractivity contribution in [1.29, 1.82) is 0 Å². The highest BCUT2D eigenvalue weighted by Crippen LogP contribution is 2.31. The molecule has 0 bridgehead atoms. The smallest absolute Gasteiger partial charge is 0.387 e. The summed E-state index contributed by atoms with van der Waals surface area (Å²) in [6, 6.07) is 5.00. The molecule has 1 aromatic rings. The molecule has 1 aliphatic heterocycles. The number of hydrogen-bond donors (Lipinski definition) is 1. The lowest BCUT2D eigenvalue weighted by molar-refractivity contribution is -0.0497. The molecule has 0 aliphatic carbocycles. The number of hydrogen-bond acceptors (Lipinski definition) is 2. The molecular formula is C11H12ClF2NO. The maximum atomic E-state index is 12.0. The summed E-state index contributed by atoms with van der Waals surface area (Å²) in [5.74, 6) is 0.449. The van der Waals surface area contributed by atoms with Crippen LogP contribution in [0, 0.1) is 0 Å². The van der Waals surface area contributed by atoms with Crippen LogP contribution in [-0.2, 0) is 0 Å². The van der Waals surface area contributed by atoms with Gasteiger partial charge in [-0.05, 0) is 36.6 Å². The lowest BCUT2D eigenvalue weighted by atomic mass is 9.98. The molecule has 0 aromatic heterocycles. The van der Waals surface area contributed by atoms with E-state index in [0.717, 1.165) is 25.1 Å². The third kappa shape index (κ3) is 2.62. The largest absolute Gasteiger partial charge is 0.433 e. The fourth-order valence-corrected chi connectivity index (χ4v) is 2.14. The topological polar surface area (TPSA) is 21.3 Å². The van der Waals surface area contributed by atoms with E-state index in [1.54, 1.807) is 12.1 Å². The quantitative estimate of drug-likeness (QED) is 0.887. The van der Waals surface area contributed by atoms with E-state index in [0.29, 0.717) is 5.92 Å². The molecule has 2 rings (SSSR count). The minimum Gasteiger partial charge on any atom is -0.433 e. The lowest BCUT2D eigenvalue weighted by Gasteiger charge is -2.12. The molecule has 5 heteroatoms. The minimum atomic E-state index is -2.84. The summed E-state index contributed by atoms with van der Waals surface area (Å²) in [5, 5.41) is 3.48. The summed E-state index contributed by atoms with van der Waals surface area (Å²) in [7, 11) is 0. The minimum absolute atomic E-state index is 0.0337. The third-order valence-electron chi connectivity index (χ3n) is 2.70. The predicted molar refractivity (Wildman–Crippen MR) is 58.3 cm³/mol. The average molecular weight is 248 g/mol. The Morgan fingerprint density at radius 1 is 1.44 bits per heavy atom. The van der Waals surface area contributed by atoms with Gasteiger partial charge in [-0.2, -0.15) is 8.78 Å². The highest BCUT2D eigenvalue weighted by molar-refractivity contribution is 6.32. The van der Waals surface area contributed by atoms with Crippen LogP contribution >= 0.6 is 11.6 Å². The van der Waals surface area contributed by atoms with Crippen molar-refractivity contribution in [2.24, 2.45) is 0 Å². The van der Waals surface area contributed by atoms with Crippen LogP contribution in [0.1, 0.15) is 17.9 Å². The molecule has 0 saturated carbocycles. The second-order valence-electron chi connectivity index (χ2n) is 3.76. The summed E-state index contributed by atoms with van der Waals surface area (Å²) in [6.45, 7) is -0.945. The van der Waals surface area contributed by atoms with Crippen LogP contribution in [0.2, 0.25) is 5.02 Å². The molecule has 1 aromatic carbocycles. The Bertz CT molecular complexity index is 367. The first kappa shape index (κ1) is 11.6. The zero-order chi connectivity index (χ0) is 11.5. The van der Waals surface area contributed by atoms with Gasteiger partial charge in [0, 0.05) is 6.54 Å². The molecule has 1 unspecified atom stereocenters. The van der Waals surface area contributed by atoms with Gasteiger partial charge in [-0.15, -0.1) is 0 Å². The molecule has 1 saturated heterocycles. The van der Waals surface area contributed by atoms with Crippen molar-refractivity contribution in [2.45, 2.75) is 19.0 Å². The van der Waals surface area contributed by atoms with E-state index in [1.807, 2.05) is 0 Å². The van der Waals surface area contributed by atoms with Gasteiger partial charge in [0.25, 0.3) is 0 Å². The summed E-state index contributed by atoms with van der Waals surface area (Å²) in [4.78, 5) is 0. The number of halogens is 3. The van der Waals surface area contributed by atoms with Crippen molar-refractivity contribution >= 4 is 11.6 Å². The molecule has 1 atom stereocenters. The highest BCUT2D eigenvalue weighted by atomic mass is 35.5. The standard InChI is InChI=1S/C11H12ClF2NO/c12-9-5-7(8-3-4-15-6-8)1-2-10(9)16-11(13)14/h1-2,5,8,11,15H,3-4,6H2. The van der Waals surface area contributed by atoms with Crippen molar-refractivity contribution in [3.05, 3.63) is 28.8 Å². The Morgan fingerprint density at radius 2 is 2.25 bits per heavy atom. The fraction of sp³-hybridized carbons (Fsp3) is 0.455. The molecular weight excluding hydrogens is 236 g/mol. The van der Waals surface area contributed by atoms with Crippen LogP contribution in [0.3, 0.4) is 0 Å². The molecule has 88 valence electrons. The van der Waals surface area contributed by atoms with Crippen LogP contribution in [0.5, 0.6) is 5.75 Å². The molecule has 2 nitrogen and oxygen atoms in total. The van der Waals surface area contributed by atoms with Gasteiger partial charge in [-0.3, -0.25) is 0 Å². The normalized spacial score (nSPS) is 20.4. The second kappa shape index (κ2) is 4.97. The van der Waals surface area contributed by atoms with Crippen LogP contribution in [0.25, 0.3) is 0 Å². The first-order valence-electron chi connectivity index (χ1n) is 5.12. The van der Waals surface area contributed by atoms with E-state index in [2.05, 4.69) is 10.1 Å². The Labute approximate surface area is 97.5 Å². The zero-order valence-electron chi connectivity index (χ0n) is 8.55. The van der Waals surface area contributed by atoms with Gasteiger partial charge in [0.2, 0.25) is 0 Å². The average Bonchev–Trinajstić information content (AvgIpc) is 2.73. The predicted octanol–water partition coefficient (Wildman–Crippen LogP) is 3.02. The van der Waals surface area contributed by atoms with Crippen LogP contribution in [0.4, 0.5) is 8.78 Å². The third-order valence-corrected chi connectivity index (χ3v) is 3.00. The summed E-state index contributed by atoms with van der Waals surface area (Å²) >= 11 is 5.87. The van der Waals surface area contributed by atoms with Gasteiger partial charge in [-0.25, -0.2) is 0 Å². The molecule has 1 aliphatic rings.